The molecule has 0 fully saturated rings. The summed E-state index contributed by atoms with van der Waals surface area (Å²) in [5.41, 5.74) is 4.67. The fraction of sp³-hybridized carbons (Fsp3) is 0. The molecule has 1 nitrogen and oxygen atoms in total. The lowest BCUT2D eigenvalue weighted by Gasteiger charge is -2.19. The molecule has 51 heavy (non-hydrogen) atoms. The summed E-state index contributed by atoms with van der Waals surface area (Å²) < 4.78 is 80.6. The van der Waals surface area contributed by atoms with Crippen molar-refractivity contribution in [2.24, 2.45) is 0 Å². The zero-order chi connectivity index (χ0) is 40.4. The normalized spacial score (nSPS) is 14.1. The molecule has 10 aromatic carbocycles. The van der Waals surface area contributed by atoms with E-state index in [0.717, 1.165) is 48.8 Å². The fourth-order valence-corrected chi connectivity index (χ4v) is 8.08. The van der Waals surface area contributed by atoms with Gasteiger partial charge in [0.05, 0.1) is 11.0 Å². The molecule has 0 aliphatic rings. The van der Waals surface area contributed by atoms with E-state index in [1.165, 1.54) is 0 Å². The number of hydrogen-bond acceptors (Lipinski definition) is 1. The maximum atomic E-state index is 9.55. The van der Waals surface area contributed by atoms with Gasteiger partial charge in [-0.1, -0.05) is 158 Å². The highest BCUT2D eigenvalue weighted by Crippen LogP contribution is 2.48. The molecule has 1 heterocycles. The van der Waals surface area contributed by atoms with E-state index in [9.17, 15) is 5.48 Å². The molecule has 0 radical (unpaired) electrons. The van der Waals surface area contributed by atoms with Crippen molar-refractivity contribution in [2.75, 3.05) is 0 Å². The van der Waals surface area contributed by atoms with Crippen LogP contribution in [-0.4, -0.2) is 0 Å². The SMILES string of the molecule is [2H]c1c([2H])c([2H])c2c(-c3cccc4oc5c6ccccc6ccc5c34)c3c([2H])c([2H])c([2H])c([2H])c3c(-c3cccc(-c4cc5ccccc5c5ccccc45)c3)c2c1[2H]. The summed E-state index contributed by atoms with van der Waals surface area (Å²) in [6.07, 6.45) is 0. The average molecular weight is 655 g/mol. The molecule has 0 saturated carbocycles. The van der Waals surface area contributed by atoms with E-state index in [0.29, 0.717) is 33.2 Å². The lowest BCUT2D eigenvalue weighted by Crippen LogP contribution is -1.92. The standard InChI is InChI=1S/C50H30O/c1-4-18-36-31(13-1)27-28-44-49-43(25-12-26-46(49)51-50(36)44)48-41-23-9-7-21-39(41)47(40-22-8-10-24-42(40)48)34-16-11-15-32(29-34)45-30-33-14-2-3-17-35(33)37-19-5-6-20-38(37)45/h1-30H/i7D,8D,9D,10D,21D,22D,23D,24D. The monoisotopic (exact) mass is 654 g/mol. The first-order valence-corrected chi connectivity index (χ1v) is 16.9. The predicted octanol–water partition coefficient (Wildman–Crippen LogP) is 14.4. The molecule has 1 aromatic heterocycles. The zero-order valence-electron chi connectivity index (χ0n) is 35.1. The van der Waals surface area contributed by atoms with Crippen molar-refractivity contribution >= 4 is 75.8 Å². The average Bonchev–Trinajstić information content (AvgIpc) is 3.67. The molecule has 0 amide bonds. The van der Waals surface area contributed by atoms with Crippen LogP contribution in [0.25, 0.3) is 109 Å². The molecule has 0 saturated heterocycles. The second-order valence-electron chi connectivity index (χ2n) is 13.0. The summed E-state index contributed by atoms with van der Waals surface area (Å²) in [5, 5.41) is 8.29. The van der Waals surface area contributed by atoms with Gasteiger partial charge in [-0.2, -0.15) is 0 Å². The third-order valence-electron chi connectivity index (χ3n) is 10.3. The molecule has 0 atom stereocenters. The number of hydrogen-bond donors (Lipinski definition) is 0. The van der Waals surface area contributed by atoms with Gasteiger partial charge < -0.3 is 4.42 Å². The number of rotatable bonds is 3. The lowest BCUT2D eigenvalue weighted by molar-refractivity contribution is 0.673. The number of benzene rings is 10. The molecule has 236 valence electrons. The minimum Gasteiger partial charge on any atom is -0.455 e. The predicted molar refractivity (Wildman–Crippen MR) is 218 cm³/mol. The fourth-order valence-electron chi connectivity index (χ4n) is 8.08. The maximum absolute atomic E-state index is 9.55. The summed E-state index contributed by atoms with van der Waals surface area (Å²) in [7, 11) is 0. The third kappa shape index (κ3) is 4.16. The van der Waals surface area contributed by atoms with Gasteiger partial charge in [0.1, 0.15) is 11.2 Å². The molecular formula is C50H30O. The molecule has 11 rings (SSSR count). The molecule has 0 N–H and O–H groups in total. The summed E-state index contributed by atoms with van der Waals surface area (Å²) in [6.45, 7) is 0. The van der Waals surface area contributed by atoms with Crippen LogP contribution in [0.3, 0.4) is 0 Å². The van der Waals surface area contributed by atoms with Crippen molar-refractivity contribution < 1.29 is 15.4 Å². The largest absolute Gasteiger partial charge is 0.455 e. The summed E-state index contributed by atoms with van der Waals surface area (Å²) in [4.78, 5) is 0. The Morgan fingerprint density at radius 3 is 1.75 bits per heavy atom. The molecular weight excluding hydrogens is 617 g/mol. The van der Waals surface area contributed by atoms with Crippen LogP contribution in [0.2, 0.25) is 0 Å². The Morgan fingerprint density at radius 2 is 0.980 bits per heavy atom. The van der Waals surface area contributed by atoms with Crippen LogP contribution in [0.5, 0.6) is 0 Å². The second-order valence-corrected chi connectivity index (χ2v) is 13.0. The Morgan fingerprint density at radius 1 is 0.373 bits per heavy atom. The topological polar surface area (TPSA) is 13.1 Å². The van der Waals surface area contributed by atoms with Gasteiger partial charge in [0, 0.05) is 16.2 Å². The van der Waals surface area contributed by atoms with E-state index in [4.69, 9.17) is 9.90 Å². The van der Waals surface area contributed by atoms with Gasteiger partial charge in [-0.15, -0.1) is 0 Å². The van der Waals surface area contributed by atoms with Gasteiger partial charge in [-0.05, 0) is 106 Å². The van der Waals surface area contributed by atoms with Crippen LogP contribution in [0, 0.1) is 0 Å². The molecule has 0 spiro atoms. The van der Waals surface area contributed by atoms with E-state index in [2.05, 4.69) is 30.3 Å². The lowest BCUT2D eigenvalue weighted by atomic mass is 9.84. The third-order valence-corrected chi connectivity index (χ3v) is 10.3. The first-order chi connectivity index (χ1) is 28.6. The van der Waals surface area contributed by atoms with Gasteiger partial charge in [0.15, 0.2) is 0 Å². The van der Waals surface area contributed by atoms with E-state index in [-0.39, 0.29) is 51.3 Å². The minimum atomic E-state index is -0.443. The molecule has 0 bridgehead atoms. The van der Waals surface area contributed by atoms with Gasteiger partial charge in [-0.25, -0.2) is 0 Å². The van der Waals surface area contributed by atoms with Crippen molar-refractivity contribution in [3.8, 4) is 33.4 Å². The summed E-state index contributed by atoms with van der Waals surface area (Å²) in [6, 6.07) is 40.6. The Hall–Kier alpha value is -6.70. The molecule has 0 aliphatic heterocycles. The van der Waals surface area contributed by atoms with Crippen LogP contribution in [-0.2, 0) is 0 Å². The summed E-state index contributed by atoms with van der Waals surface area (Å²) in [5.74, 6) is 0. The highest BCUT2D eigenvalue weighted by molar-refractivity contribution is 6.27. The van der Waals surface area contributed by atoms with Crippen molar-refractivity contribution in [3.05, 3.63) is 182 Å². The van der Waals surface area contributed by atoms with E-state index in [1.54, 1.807) is 0 Å². The van der Waals surface area contributed by atoms with E-state index >= 15 is 0 Å². The molecule has 0 unspecified atom stereocenters. The smallest absolute Gasteiger partial charge is 0.143 e. The Labute approximate surface area is 305 Å². The highest BCUT2D eigenvalue weighted by Gasteiger charge is 2.21. The molecule has 1 heteroatoms. The number of furan rings is 1. The second kappa shape index (κ2) is 10.9. The van der Waals surface area contributed by atoms with Crippen LogP contribution >= 0.6 is 0 Å². The van der Waals surface area contributed by atoms with Crippen LogP contribution < -0.4 is 0 Å². The van der Waals surface area contributed by atoms with E-state index < -0.39 is 24.2 Å². The van der Waals surface area contributed by atoms with Crippen molar-refractivity contribution in [3.63, 3.8) is 0 Å². The highest BCUT2D eigenvalue weighted by atomic mass is 16.3. The Balaban J connectivity index is 1.33. The number of fused-ring (bicyclic) bond motifs is 10. The van der Waals surface area contributed by atoms with Gasteiger partial charge in [0.2, 0.25) is 0 Å². The minimum absolute atomic E-state index is 0.160. The first-order valence-electron chi connectivity index (χ1n) is 20.9. The van der Waals surface area contributed by atoms with Crippen molar-refractivity contribution in [1.82, 2.24) is 0 Å². The quantitative estimate of drug-likeness (QED) is 0.136. The van der Waals surface area contributed by atoms with E-state index in [1.807, 2.05) is 103 Å². The van der Waals surface area contributed by atoms with Crippen molar-refractivity contribution in [2.45, 2.75) is 0 Å². The van der Waals surface area contributed by atoms with Gasteiger partial charge in [0.25, 0.3) is 0 Å². The summed E-state index contributed by atoms with van der Waals surface area (Å²) >= 11 is 0. The zero-order valence-corrected chi connectivity index (χ0v) is 27.1. The Bertz CT molecular complexity index is 3580. The van der Waals surface area contributed by atoms with Crippen LogP contribution in [0.4, 0.5) is 0 Å². The Kier molecular flexibility index (Phi) is 4.57. The molecule has 11 aromatic rings. The van der Waals surface area contributed by atoms with Crippen LogP contribution in [0.1, 0.15) is 11.0 Å². The first kappa shape index (κ1) is 21.4. The van der Waals surface area contributed by atoms with Crippen LogP contribution in [0.15, 0.2) is 186 Å². The molecule has 0 aliphatic carbocycles. The van der Waals surface area contributed by atoms with Gasteiger partial charge in [-0.3, -0.25) is 0 Å². The maximum Gasteiger partial charge on any atom is 0.143 e. The van der Waals surface area contributed by atoms with Gasteiger partial charge >= 0.3 is 0 Å². The van der Waals surface area contributed by atoms with Crippen molar-refractivity contribution in [1.29, 1.82) is 0 Å².